The molecule has 1 atom stereocenters. The van der Waals surface area contributed by atoms with Crippen molar-refractivity contribution in [2.45, 2.75) is 12.3 Å². The van der Waals surface area contributed by atoms with E-state index in [0.717, 1.165) is 23.3 Å². The van der Waals surface area contributed by atoms with Crippen LogP contribution in [0, 0.1) is 0 Å². The fraction of sp³-hybridized carbons (Fsp3) is 0.0417. The van der Waals surface area contributed by atoms with Gasteiger partial charge in [0, 0.05) is 49.6 Å². The Hall–Kier alpha value is -6.58. The van der Waals surface area contributed by atoms with Crippen LogP contribution >= 0.6 is 0 Å². The number of para-hydroxylation sites is 3. The Bertz CT molecular complexity index is 3040. The van der Waals surface area contributed by atoms with Gasteiger partial charge in [-0.3, -0.25) is 0 Å². The number of hydrogen-bond acceptors (Lipinski definition) is 1. The first-order chi connectivity index (χ1) is 25.3. The summed E-state index contributed by atoms with van der Waals surface area (Å²) in [6.07, 6.45) is 8.04. The van der Waals surface area contributed by atoms with E-state index < -0.39 is 0 Å². The molecule has 0 N–H and O–H groups in total. The standard InChI is InChI=1S/C48H32N2O/c1-2-11-31(12-3-1)32-21-25-34(26-22-32)49-40-17-7-4-13-37(40)47-42(49)29-30-43-48(47)38-14-5-8-18-41(38)50(43)35-27-23-33(24-28-35)36-16-10-20-45-46(36)39-15-6-9-19-44(39)51-45/h1-23,25-30,33H,24H2. The van der Waals surface area contributed by atoms with Crippen LogP contribution in [0.15, 0.2) is 180 Å². The molecule has 1 aliphatic carbocycles. The number of furan rings is 1. The monoisotopic (exact) mass is 652 g/mol. The van der Waals surface area contributed by atoms with E-state index in [1.807, 2.05) is 6.07 Å². The van der Waals surface area contributed by atoms with Crippen LogP contribution in [0.4, 0.5) is 0 Å². The molecule has 7 aromatic carbocycles. The van der Waals surface area contributed by atoms with E-state index in [-0.39, 0.29) is 5.92 Å². The lowest BCUT2D eigenvalue weighted by molar-refractivity contribution is 0.668. The number of aromatic nitrogens is 2. The summed E-state index contributed by atoms with van der Waals surface area (Å²) in [6.45, 7) is 0. The van der Waals surface area contributed by atoms with Gasteiger partial charge < -0.3 is 13.6 Å². The van der Waals surface area contributed by atoms with E-state index in [2.05, 4.69) is 179 Å². The van der Waals surface area contributed by atoms with Gasteiger partial charge in [0.25, 0.3) is 0 Å². The summed E-state index contributed by atoms with van der Waals surface area (Å²) in [4.78, 5) is 0. The molecule has 51 heavy (non-hydrogen) atoms. The second-order valence-electron chi connectivity index (χ2n) is 13.6. The average Bonchev–Trinajstić information content (AvgIpc) is 3.86. The van der Waals surface area contributed by atoms with Crippen LogP contribution in [0.5, 0.6) is 0 Å². The summed E-state index contributed by atoms with van der Waals surface area (Å²) >= 11 is 0. The third-order valence-electron chi connectivity index (χ3n) is 10.9. The maximum absolute atomic E-state index is 6.23. The van der Waals surface area contributed by atoms with Crippen LogP contribution in [-0.4, -0.2) is 9.13 Å². The fourth-order valence-corrected chi connectivity index (χ4v) is 8.62. The fourth-order valence-electron chi connectivity index (χ4n) is 8.62. The van der Waals surface area contributed by atoms with Crippen LogP contribution in [-0.2, 0) is 0 Å². The first-order valence-corrected chi connectivity index (χ1v) is 17.7. The molecule has 0 saturated heterocycles. The normalized spacial score (nSPS) is 14.8. The molecule has 3 aromatic heterocycles. The van der Waals surface area contributed by atoms with Crippen LogP contribution < -0.4 is 0 Å². The largest absolute Gasteiger partial charge is 0.456 e. The van der Waals surface area contributed by atoms with E-state index >= 15 is 0 Å². The van der Waals surface area contributed by atoms with E-state index in [4.69, 9.17) is 4.42 Å². The minimum absolute atomic E-state index is 0.268. The molecule has 1 unspecified atom stereocenters. The second kappa shape index (κ2) is 11.0. The molecular weight excluding hydrogens is 621 g/mol. The number of allylic oxidation sites excluding steroid dienone is 4. The van der Waals surface area contributed by atoms with Gasteiger partial charge >= 0.3 is 0 Å². The van der Waals surface area contributed by atoms with Crippen LogP contribution in [0.25, 0.3) is 88.1 Å². The maximum Gasteiger partial charge on any atom is 0.135 e. The average molecular weight is 653 g/mol. The van der Waals surface area contributed by atoms with Crippen molar-refractivity contribution in [1.82, 2.24) is 9.13 Å². The zero-order valence-electron chi connectivity index (χ0n) is 27.8. The molecule has 11 rings (SSSR count). The summed E-state index contributed by atoms with van der Waals surface area (Å²) in [5, 5.41) is 7.54. The molecule has 0 bridgehead atoms. The Balaban J connectivity index is 1.07. The highest BCUT2D eigenvalue weighted by Crippen LogP contribution is 2.44. The predicted molar refractivity (Wildman–Crippen MR) is 214 cm³/mol. The van der Waals surface area contributed by atoms with Gasteiger partial charge in [0.15, 0.2) is 0 Å². The van der Waals surface area contributed by atoms with E-state index in [1.54, 1.807) is 0 Å². The van der Waals surface area contributed by atoms with Gasteiger partial charge in [-0.2, -0.15) is 0 Å². The topological polar surface area (TPSA) is 23.0 Å². The first-order valence-electron chi connectivity index (χ1n) is 17.7. The number of benzene rings is 7. The molecule has 0 aliphatic heterocycles. The predicted octanol–water partition coefficient (Wildman–Crippen LogP) is 13.0. The smallest absolute Gasteiger partial charge is 0.135 e. The number of hydrogen-bond donors (Lipinski definition) is 0. The Kier molecular flexibility index (Phi) is 6.08. The van der Waals surface area contributed by atoms with E-state index in [1.165, 1.54) is 76.8 Å². The van der Waals surface area contributed by atoms with Gasteiger partial charge in [-0.15, -0.1) is 0 Å². The van der Waals surface area contributed by atoms with Crippen molar-refractivity contribution in [3.63, 3.8) is 0 Å². The Labute approximate surface area is 294 Å². The van der Waals surface area contributed by atoms with Gasteiger partial charge in [-0.25, -0.2) is 0 Å². The molecule has 3 nitrogen and oxygen atoms in total. The van der Waals surface area contributed by atoms with Crippen molar-refractivity contribution in [1.29, 1.82) is 0 Å². The van der Waals surface area contributed by atoms with Crippen molar-refractivity contribution >= 4 is 71.2 Å². The van der Waals surface area contributed by atoms with Crippen LogP contribution in [0.2, 0.25) is 0 Å². The van der Waals surface area contributed by atoms with Crippen LogP contribution in [0.3, 0.4) is 0 Å². The summed E-state index contributed by atoms with van der Waals surface area (Å²) in [5.74, 6) is 0.268. The lowest BCUT2D eigenvalue weighted by Gasteiger charge is -2.19. The summed E-state index contributed by atoms with van der Waals surface area (Å²) in [6, 6.07) is 56.8. The molecular formula is C48H32N2O. The second-order valence-corrected chi connectivity index (χ2v) is 13.6. The third kappa shape index (κ3) is 4.18. The zero-order chi connectivity index (χ0) is 33.5. The molecule has 10 aromatic rings. The molecule has 0 spiro atoms. The zero-order valence-corrected chi connectivity index (χ0v) is 27.8. The minimum Gasteiger partial charge on any atom is -0.456 e. The number of rotatable bonds is 4. The minimum atomic E-state index is 0.268. The lowest BCUT2D eigenvalue weighted by Crippen LogP contribution is -2.03. The van der Waals surface area contributed by atoms with E-state index in [9.17, 15) is 0 Å². The molecule has 240 valence electrons. The lowest BCUT2D eigenvalue weighted by atomic mass is 9.88. The van der Waals surface area contributed by atoms with Crippen molar-refractivity contribution in [3.8, 4) is 16.8 Å². The van der Waals surface area contributed by atoms with Crippen molar-refractivity contribution in [2.24, 2.45) is 0 Å². The Morgan fingerprint density at radius 1 is 0.451 bits per heavy atom. The highest BCUT2D eigenvalue weighted by molar-refractivity contribution is 6.29. The summed E-state index contributed by atoms with van der Waals surface area (Å²) in [7, 11) is 0. The molecule has 0 fully saturated rings. The molecule has 1 aliphatic rings. The highest BCUT2D eigenvalue weighted by atomic mass is 16.3. The molecule has 3 heteroatoms. The van der Waals surface area contributed by atoms with Crippen LogP contribution in [0.1, 0.15) is 17.9 Å². The summed E-state index contributed by atoms with van der Waals surface area (Å²) < 4.78 is 11.1. The molecule has 0 radical (unpaired) electrons. The number of nitrogens with zero attached hydrogens (tertiary/aromatic N) is 2. The summed E-state index contributed by atoms with van der Waals surface area (Å²) in [5.41, 5.74) is 12.9. The van der Waals surface area contributed by atoms with Crippen molar-refractivity contribution < 1.29 is 4.42 Å². The molecule has 0 saturated carbocycles. The number of fused-ring (bicyclic) bond motifs is 10. The van der Waals surface area contributed by atoms with Gasteiger partial charge in [-0.05, 0) is 77.7 Å². The third-order valence-corrected chi connectivity index (χ3v) is 10.9. The van der Waals surface area contributed by atoms with Gasteiger partial charge in [-0.1, -0.05) is 121 Å². The van der Waals surface area contributed by atoms with Gasteiger partial charge in [0.2, 0.25) is 0 Å². The first kappa shape index (κ1) is 28.3. The maximum atomic E-state index is 6.23. The Morgan fingerprint density at radius 2 is 1.06 bits per heavy atom. The quantitative estimate of drug-likeness (QED) is 0.186. The molecule has 0 amide bonds. The van der Waals surface area contributed by atoms with E-state index in [0.29, 0.717) is 0 Å². The van der Waals surface area contributed by atoms with Gasteiger partial charge in [0.05, 0.1) is 22.1 Å². The van der Waals surface area contributed by atoms with Crippen molar-refractivity contribution in [3.05, 3.63) is 182 Å². The highest BCUT2D eigenvalue weighted by Gasteiger charge is 2.23. The Morgan fingerprint density at radius 3 is 1.78 bits per heavy atom. The SMILES string of the molecule is C1=CC(c2cccc3oc4ccccc4c23)CC=C1n1c2ccccc2c2c3c4ccccc4n(-c4ccc(-c5ccccc5)cc4)c3ccc21. The molecule has 3 heterocycles. The van der Waals surface area contributed by atoms with Crippen molar-refractivity contribution in [2.75, 3.05) is 0 Å². The van der Waals surface area contributed by atoms with Gasteiger partial charge in [0.1, 0.15) is 11.2 Å².